The Kier molecular flexibility index (Phi) is 5.17. The van der Waals surface area contributed by atoms with Crippen LogP contribution in [0.4, 0.5) is 0 Å². The van der Waals surface area contributed by atoms with E-state index < -0.39 is 9.84 Å². The fourth-order valence-electron chi connectivity index (χ4n) is 2.44. The topological polar surface area (TPSA) is 43.4 Å². The predicted octanol–water partition coefficient (Wildman–Crippen LogP) is 2.62. The van der Waals surface area contributed by atoms with Gasteiger partial charge in [0.25, 0.3) is 0 Å². The van der Waals surface area contributed by atoms with Gasteiger partial charge in [0.05, 0.1) is 18.1 Å². The molecule has 1 saturated heterocycles. The monoisotopic (exact) mass is 402 g/mol. The van der Waals surface area contributed by atoms with Crippen molar-refractivity contribution in [1.29, 1.82) is 0 Å². The summed E-state index contributed by atoms with van der Waals surface area (Å²) in [5, 5.41) is 1.58. The van der Waals surface area contributed by atoms with E-state index in [0.29, 0.717) is 18.1 Å². The Morgan fingerprint density at radius 2 is 1.83 bits per heavy atom. The third-order valence-corrected chi connectivity index (χ3v) is 8.07. The second-order valence-corrected chi connectivity index (χ2v) is 9.04. The van der Waals surface area contributed by atoms with Crippen molar-refractivity contribution in [2.24, 2.45) is 17.3 Å². The quantitative estimate of drug-likeness (QED) is 0.613. The maximum atomic E-state index is 11.6. The third-order valence-electron chi connectivity index (χ3n) is 4.07. The van der Waals surface area contributed by atoms with E-state index in [4.69, 9.17) is 4.74 Å². The van der Waals surface area contributed by atoms with Gasteiger partial charge in [-0.3, -0.25) is 0 Å². The molecule has 0 aromatic heterocycles. The molecule has 0 bridgehead atoms. The largest absolute Gasteiger partial charge is 0.381 e. The molecule has 0 spiro atoms. The lowest BCUT2D eigenvalue weighted by molar-refractivity contribution is 0.0365. The second kappa shape index (κ2) is 6.10. The highest BCUT2D eigenvalue weighted by molar-refractivity contribution is 9.09. The number of hydrogen-bond donors (Lipinski definition) is 0. The number of halogens is 2. The number of sulfone groups is 1. The van der Waals surface area contributed by atoms with Crippen molar-refractivity contribution in [3.05, 3.63) is 0 Å². The summed E-state index contributed by atoms with van der Waals surface area (Å²) in [6.45, 7) is 1.49. The van der Waals surface area contributed by atoms with Crippen LogP contribution in [0.5, 0.6) is 0 Å². The number of ether oxygens (including phenoxy) is 1. The van der Waals surface area contributed by atoms with E-state index in [1.165, 1.54) is 12.8 Å². The van der Waals surface area contributed by atoms with E-state index in [1.54, 1.807) is 0 Å². The van der Waals surface area contributed by atoms with E-state index in [2.05, 4.69) is 31.9 Å². The maximum absolute atomic E-state index is 11.6. The van der Waals surface area contributed by atoms with Gasteiger partial charge in [0.1, 0.15) is 0 Å². The van der Waals surface area contributed by atoms with Gasteiger partial charge in [-0.25, -0.2) is 8.42 Å². The standard InChI is InChI=1S/C12H20Br2O3S/c13-7-12(8-14,9-17-5-10-1-2-10)11-3-4-18(15,16)6-11/h10-11H,1-9H2. The Morgan fingerprint density at radius 1 is 1.17 bits per heavy atom. The van der Waals surface area contributed by atoms with Gasteiger partial charge in [-0.1, -0.05) is 31.9 Å². The minimum absolute atomic E-state index is 0.0849. The smallest absolute Gasteiger partial charge is 0.150 e. The lowest BCUT2D eigenvalue weighted by atomic mass is 9.79. The molecule has 0 aromatic carbocycles. The van der Waals surface area contributed by atoms with Gasteiger partial charge < -0.3 is 4.74 Å². The van der Waals surface area contributed by atoms with Crippen LogP contribution in [0.3, 0.4) is 0 Å². The van der Waals surface area contributed by atoms with Crippen LogP contribution in [0.25, 0.3) is 0 Å². The molecule has 1 atom stereocenters. The SMILES string of the molecule is O=S1(=O)CCC(C(CBr)(CBr)COCC2CC2)C1. The molecule has 0 N–H and O–H groups in total. The highest BCUT2D eigenvalue weighted by Crippen LogP contribution is 2.40. The molecule has 2 rings (SSSR count). The van der Waals surface area contributed by atoms with Crippen molar-refractivity contribution in [3.8, 4) is 0 Å². The maximum Gasteiger partial charge on any atom is 0.150 e. The molecule has 2 fully saturated rings. The van der Waals surface area contributed by atoms with E-state index in [-0.39, 0.29) is 11.3 Å². The predicted molar refractivity (Wildman–Crippen MR) is 80.3 cm³/mol. The summed E-state index contributed by atoms with van der Waals surface area (Å²) >= 11 is 7.12. The average molecular weight is 404 g/mol. The number of alkyl halides is 2. The van der Waals surface area contributed by atoms with Gasteiger partial charge in [0, 0.05) is 22.7 Å². The summed E-state index contributed by atoms with van der Waals surface area (Å²) in [6, 6.07) is 0. The molecular formula is C12H20Br2O3S. The van der Waals surface area contributed by atoms with E-state index >= 15 is 0 Å². The summed E-state index contributed by atoms with van der Waals surface area (Å²) in [6.07, 6.45) is 3.34. The van der Waals surface area contributed by atoms with Gasteiger partial charge in [0.2, 0.25) is 0 Å². The zero-order valence-corrected chi connectivity index (χ0v) is 14.4. The molecule has 0 aromatic rings. The van der Waals surface area contributed by atoms with Gasteiger partial charge >= 0.3 is 0 Å². The molecule has 1 heterocycles. The molecule has 1 saturated carbocycles. The first-order valence-electron chi connectivity index (χ1n) is 6.41. The summed E-state index contributed by atoms with van der Waals surface area (Å²) in [5.41, 5.74) is -0.0849. The van der Waals surface area contributed by atoms with Crippen LogP contribution >= 0.6 is 31.9 Å². The van der Waals surface area contributed by atoms with Gasteiger partial charge in [0.15, 0.2) is 9.84 Å². The van der Waals surface area contributed by atoms with E-state index in [0.717, 1.165) is 29.6 Å². The Morgan fingerprint density at radius 3 is 2.28 bits per heavy atom. The molecule has 1 unspecified atom stereocenters. The van der Waals surface area contributed by atoms with Crippen LogP contribution in [-0.4, -0.2) is 43.8 Å². The Bertz CT molecular complexity index is 375. The molecular weight excluding hydrogens is 384 g/mol. The molecule has 0 amide bonds. The summed E-state index contributed by atoms with van der Waals surface area (Å²) in [7, 11) is -2.83. The summed E-state index contributed by atoms with van der Waals surface area (Å²) < 4.78 is 29.1. The van der Waals surface area contributed by atoms with Crippen molar-refractivity contribution in [3.63, 3.8) is 0 Å². The molecule has 0 radical (unpaired) electrons. The van der Waals surface area contributed by atoms with E-state index in [9.17, 15) is 8.42 Å². The van der Waals surface area contributed by atoms with Crippen LogP contribution in [0.1, 0.15) is 19.3 Å². The van der Waals surface area contributed by atoms with Crippen LogP contribution in [0, 0.1) is 17.3 Å². The zero-order chi connectivity index (χ0) is 13.2. The molecule has 18 heavy (non-hydrogen) atoms. The zero-order valence-electron chi connectivity index (χ0n) is 10.4. The fourth-order valence-corrected chi connectivity index (χ4v) is 6.55. The van der Waals surface area contributed by atoms with Crippen molar-refractivity contribution >= 4 is 41.7 Å². The molecule has 1 aliphatic heterocycles. The Balaban J connectivity index is 1.95. The first kappa shape index (κ1) is 15.3. The summed E-state index contributed by atoms with van der Waals surface area (Å²) in [5.74, 6) is 1.61. The summed E-state index contributed by atoms with van der Waals surface area (Å²) in [4.78, 5) is 0. The Hall–Kier alpha value is 0.870. The van der Waals surface area contributed by atoms with Gasteiger partial charge in [-0.15, -0.1) is 0 Å². The minimum atomic E-state index is -2.83. The highest BCUT2D eigenvalue weighted by Gasteiger charge is 2.43. The Labute approximate surface area is 126 Å². The van der Waals surface area contributed by atoms with Crippen LogP contribution in [0.2, 0.25) is 0 Å². The lowest BCUT2D eigenvalue weighted by Gasteiger charge is -2.35. The van der Waals surface area contributed by atoms with Crippen molar-refractivity contribution < 1.29 is 13.2 Å². The molecule has 106 valence electrons. The highest BCUT2D eigenvalue weighted by atomic mass is 79.9. The fraction of sp³-hybridized carbons (Fsp3) is 1.00. The van der Waals surface area contributed by atoms with Gasteiger partial charge in [-0.05, 0) is 31.1 Å². The van der Waals surface area contributed by atoms with Gasteiger partial charge in [-0.2, -0.15) is 0 Å². The molecule has 1 aliphatic carbocycles. The first-order valence-corrected chi connectivity index (χ1v) is 10.5. The average Bonchev–Trinajstić information content (AvgIpc) is 3.09. The van der Waals surface area contributed by atoms with Crippen LogP contribution < -0.4 is 0 Å². The first-order chi connectivity index (χ1) is 8.51. The molecule has 6 heteroatoms. The second-order valence-electron chi connectivity index (χ2n) is 5.69. The number of hydrogen-bond acceptors (Lipinski definition) is 3. The number of rotatable bonds is 7. The normalized spacial score (nSPS) is 27.6. The third kappa shape index (κ3) is 3.70. The minimum Gasteiger partial charge on any atom is -0.381 e. The van der Waals surface area contributed by atoms with Crippen molar-refractivity contribution in [2.75, 3.05) is 35.4 Å². The van der Waals surface area contributed by atoms with Crippen molar-refractivity contribution in [1.82, 2.24) is 0 Å². The van der Waals surface area contributed by atoms with Crippen LogP contribution in [-0.2, 0) is 14.6 Å². The van der Waals surface area contributed by atoms with E-state index in [1.807, 2.05) is 0 Å². The van der Waals surface area contributed by atoms with Crippen molar-refractivity contribution in [2.45, 2.75) is 19.3 Å². The molecule has 2 aliphatic rings. The lowest BCUT2D eigenvalue weighted by Crippen LogP contribution is -2.40. The molecule has 3 nitrogen and oxygen atoms in total. The van der Waals surface area contributed by atoms with Crippen LogP contribution in [0.15, 0.2) is 0 Å².